The summed E-state index contributed by atoms with van der Waals surface area (Å²) in [7, 11) is 0.821. The van der Waals surface area contributed by atoms with E-state index in [2.05, 4.69) is 15.7 Å². The van der Waals surface area contributed by atoms with E-state index in [1.54, 1.807) is 13.3 Å². The van der Waals surface area contributed by atoms with Gasteiger partial charge >= 0.3 is 0 Å². The Morgan fingerprint density at radius 2 is 2.33 bits per heavy atom. The summed E-state index contributed by atoms with van der Waals surface area (Å²) in [6.45, 7) is 1.92. The summed E-state index contributed by atoms with van der Waals surface area (Å²) >= 11 is 0. The molecule has 5 nitrogen and oxygen atoms in total. The van der Waals surface area contributed by atoms with Gasteiger partial charge in [-0.1, -0.05) is 0 Å². The van der Waals surface area contributed by atoms with Crippen molar-refractivity contribution in [2.45, 2.75) is 13.0 Å². The van der Waals surface area contributed by atoms with Gasteiger partial charge in [0.1, 0.15) is 0 Å². The van der Waals surface area contributed by atoms with E-state index < -0.39 is 10.8 Å². The number of hydrogen-bond donors (Lipinski definition) is 3. The molecule has 0 saturated carbocycles. The first kappa shape index (κ1) is 11.4. The van der Waals surface area contributed by atoms with Gasteiger partial charge in [0.2, 0.25) is 5.96 Å². The predicted octanol–water partition coefficient (Wildman–Crippen LogP) is -1.21. The molecule has 0 aliphatic carbocycles. The highest BCUT2D eigenvalue weighted by atomic mass is 32.2. The predicted molar refractivity (Wildman–Crippen MR) is 52.2 cm³/mol. The van der Waals surface area contributed by atoms with Crippen LogP contribution in [-0.2, 0) is 10.8 Å². The summed E-state index contributed by atoms with van der Waals surface area (Å²) in [5.74, 6) is 6.23. The molecule has 0 aliphatic heterocycles. The first-order valence-corrected chi connectivity index (χ1v) is 5.32. The van der Waals surface area contributed by atoms with Crippen molar-refractivity contribution < 1.29 is 4.21 Å². The van der Waals surface area contributed by atoms with Gasteiger partial charge in [0, 0.05) is 35.9 Å². The summed E-state index contributed by atoms with van der Waals surface area (Å²) in [5.41, 5.74) is 2.40. The average Bonchev–Trinajstić information content (AvgIpc) is 1.98. The molecule has 2 atom stereocenters. The Balaban J connectivity index is 3.82. The fraction of sp³-hybridized carbons (Fsp3) is 0.833. The van der Waals surface area contributed by atoms with Gasteiger partial charge in [-0.25, -0.2) is 5.84 Å². The fourth-order valence-corrected chi connectivity index (χ4v) is 1.59. The molecule has 2 unspecified atom stereocenters. The van der Waals surface area contributed by atoms with Crippen LogP contribution in [-0.4, -0.2) is 35.3 Å². The van der Waals surface area contributed by atoms with Crippen LogP contribution in [0.2, 0.25) is 0 Å². The quantitative estimate of drug-likeness (QED) is 0.227. The highest BCUT2D eigenvalue weighted by Gasteiger charge is 2.04. The molecule has 12 heavy (non-hydrogen) atoms. The van der Waals surface area contributed by atoms with Gasteiger partial charge in [0.25, 0.3) is 0 Å². The van der Waals surface area contributed by atoms with Gasteiger partial charge in [0.15, 0.2) is 0 Å². The lowest BCUT2D eigenvalue weighted by Crippen LogP contribution is -2.46. The second kappa shape index (κ2) is 5.96. The third kappa shape index (κ3) is 5.09. The number of rotatable bonds is 3. The van der Waals surface area contributed by atoms with E-state index in [4.69, 9.17) is 5.84 Å². The van der Waals surface area contributed by atoms with Gasteiger partial charge in [-0.3, -0.25) is 14.6 Å². The number of nitrogens with zero attached hydrogens (tertiary/aromatic N) is 1. The van der Waals surface area contributed by atoms with E-state index in [1.807, 2.05) is 6.92 Å². The molecule has 0 rings (SSSR count). The number of guanidine groups is 1. The van der Waals surface area contributed by atoms with Crippen molar-refractivity contribution in [3.63, 3.8) is 0 Å². The molecule has 0 bridgehead atoms. The van der Waals surface area contributed by atoms with Crippen molar-refractivity contribution in [1.82, 2.24) is 10.7 Å². The molecule has 4 N–H and O–H groups in total. The molecule has 0 heterocycles. The maximum Gasteiger partial charge on any atom is 0.205 e. The molecule has 0 fully saturated rings. The molecular weight excluding hydrogens is 176 g/mol. The molecule has 0 amide bonds. The van der Waals surface area contributed by atoms with Crippen LogP contribution in [0.15, 0.2) is 4.99 Å². The van der Waals surface area contributed by atoms with Crippen molar-refractivity contribution >= 4 is 16.8 Å². The van der Waals surface area contributed by atoms with Crippen LogP contribution in [0.4, 0.5) is 0 Å². The summed E-state index contributed by atoms with van der Waals surface area (Å²) < 4.78 is 10.8. The standard InChI is InChI=1S/C6H16N4OS/c1-5(4-12(3)11)9-6(8-2)10-7/h5H,4,7H2,1-3H3,(H2,8,9,10). The Hall–Kier alpha value is -0.620. The minimum atomic E-state index is -0.802. The average molecular weight is 192 g/mol. The normalized spacial score (nSPS) is 16.8. The lowest BCUT2D eigenvalue weighted by molar-refractivity contribution is 0.666. The Kier molecular flexibility index (Phi) is 5.65. The third-order valence-electron chi connectivity index (χ3n) is 1.23. The van der Waals surface area contributed by atoms with E-state index in [9.17, 15) is 4.21 Å². The highest BCUT2D eigenvalue weighted by molar-refractivity contribution is 7.84. The van der Waals surface area contributed by atoms with Crippen molar-refractivity contribution in [3.8, 4) is 0 Å². The topological polar surface area (TPSA) is 79.5 Å². The second-order valence-corrected chi connectivity index (χ2v) is 3.98. The first-order valence-electron chi connectivity index (χ1n) is 3.60. The maximum absolute atomic E-state index is 10.8. The van der Waals surface area contributed by atoms with Gasteiger partial charge < -0.3 is 5.32 Å². The Morgan fingerprint density at radius 1 is 1.75 bits per heavy atom. The smallest absolute Gasteiger partial charge is 0.205 e. The van der Waals surface area contributed by atoms with Crippen molar-refractivity contribution in [3.05, 3.63) is 0 Å². The number of aliphatic imine (C=N–C) groups is 1. The summed E-state index contributed by atoms with van der Waals surface area (Å²) in [6, 6.07) is 0.102. The van der Waals surface area contributed by atoms with Gasteiger partial charge in [-0.2, -0.15) is 0 Å². The Labute approximate surface area is 75.2 Å². The third-order valence-corrected chi connectivity index (χ3v) is 2.20. The van der Waals surface area contributed by atoms with E-state index in [1.165, 1.54) is 0 Å². The summed E-state index contributed by atoms with van der Waals surface area (Å²) in [6.07, 6.45) is 1.66. The first-order chi connectivity index (χ1) is 5.60. The van der Waals surface area contributed by atoms with Gasteiger partial charge in [-0.15, -0.1) is 0 Å². The van der Waals surface area contributed by atoms with Crippen LogP contribution < -0.4 is 16.6 Å². The fourth-order valence-electron chi connectivity index (χ4n) is 0.798. The molecule has 6 heteroatoms. The molecule has 0 aliphatic rings. The molecule has 0 aromatic heterocycles. The molecular formula is C6H16N4OS. The Bertz CT molecular complexity index is 182. The molecule has 0 aromatic carbocycles. The largest absolute Gasteiger partial charge is 0.352 e. The lowest BCUT2D eigenvalue weighted by Gasteiger charge is -2.14. The Morgan fingerprint density at radius 3 is 2.67 bits per heavy atom. The monoisotopic (exact) mass is 192 g/mol. The maximum atomic E-state index is 10.8. The van der Waals surface area contributed by atoms with Crippen molar-refractivity contribution in [2.75, 3.05) is 19.1 Å². The van der Waals surface area contributed by atoms with E-state index in [0.717, 1.165) is 0 Å². The van der Waals surface area contributed by atoms with Crippen LogP contribution in [0.1, 0.15) is 6.92 Å². The zero-order valence-corrected chi connectivity index (χ0v) is 8.44. The number of nitrogens with two attached hydrogens (primary N) is 1. The second-order valence-electron chi connectivity index (χ2n) is 2.50. The van der Waals surface area contributed by atoms with Crippen LogP contribution in [0.25, 0.3) is 0 Å². The molecule has 72 valence electrons. The van der Waals surface area contributed by atoms with Gasteiger partial charge in [-0.05, 0) is 6.92 Å². The molecule has 0 saturated heterocycles. The number of hydrazine groups is 1. The van der Waals surface area contributed by atoms with Crippen LogP contribution in [0, 0.1) is 0 Å². The summed E-state index contributed by atoms with van der Waals surface area (Å²) in [4.78, 5) is 3.82. The molecule has 0 radical (unpaired) electrons. The van der Waals surface area contributed by atoms with Crippen LogP contribution in [0.5, 0.6) is 0 Å². The van der Waals surface area contributed by atoms with E-state index in [0.29, 0.717) is 11.7 Å². The lowest BCUT2D eigenvalue weighted by atomic mass is 10.4. The number of hydrogen-bond acceptors (Lipinski definition) is 3. The van der Waals surface area contributed by atoms with Gasteiger partial charge in [0.05, 0.1) is 0 Å². The van der Waals surface area contributed by atoms with Crippen LogP contribution in [0.3, 0.4) is 0 Å². The molecule has 0 aromatic rings. The van der Waals surface area contributed by atoms with Crippen molar-refractivity contribution in [2.24, 2.45) is 10.8 Å². The molecule has 0 spiro atoms. The summed E-state index contributed by atoms with van der Waals surface area (Å²) in [5, 5.41) is 2.97. The van der Waals surface area contributed by atoms with E-state index >= 15 is 0 Å². The van der Waals surface area contributed by atoms with Crippen LogP contribution >= 0.6 is 0 Å². The van der Waals surface area contributed by atoms with E-state index in [-0.39, 0.29) is 6.04 Å². The minimum Gasteiger partial charge on any atom is -0.352 e. The van der Waals surface area contributed by atoms with Crippen molar-refractivity contribution in [1.29, 1.82) is 0 Å². The zero-order chi connectivity index (χ0) is 9.56. The zero-order valence-electron chi connectivity index (χ0n) is 7.63. The number of nitrogens with one attached hydrogen (secondary N) is 2. The highest BCUT2D eigenvalue weighted by Crippen LogP contribution is 1.84. The SMILES string of the molecule is CN=C(NN)NC(C)CS(C)=O. The minimum absolute atomic E-state index is 0.102.